The molecule has 0 aliphatic carbocycles. The second kappa shape index (κ2) is 9.22. The summed E-state index contributed by atoms with van der Waals surface area (Å²) in [6.45, 7) is 0. The van der Waals surface area contributed by atoms with E-state index in [1.807, 2.05) is 0 Å². The predicted molar refractivity (Wildman–Crippen MR) is 102 cm³/mol. The van der Waals surface area contributed by atoms with Gasteiger partial charge >= 0.3 is 23.5 Å². The first-order valence-corrected chi connectivity index (χ1v) is 8.79. The smallest absolute Gasteiger partial charge is 0.359 e. The maximum absolute atomic E-state index is 12.8. The minimum absolute atomic E-state index is 0.0188. The fourth-order valence-electron chi connectivity index (χ4n) is 2.78. The summed E-state index contributed by atoms with van der Waals surface area (Å²) in [5.41, 5.74) is -3.60. The summed E-state index contributed by atoms with van der Waals surface area (Å²) in [6.07, 6.45) is -4.63. The van der Waals surface area contributed by atoms with Crippen molar-refractivity contribution in [1.82, 2.24) is 0 Å². The van der Waals surface area contributed by atoms with Gasteiger partial charge in [0, 0.05) is 6.42 Å². The van der Waals surface area contributed by atoms with E-state index in [1.54, 1.807) is 0 Å². The standard InChI is InChI=1S/C20H18O12/c21-11-3-1-9(5-13(11)23)7-15(25)20(19(30)31,17(27)18(28)29)32-16(26)8-10-2-4-12(22)14(24)6-10/h1-6,17,21-24,27H,7-8H2,(H,28,29)(H,30,31)/t17-,20+/m0/s1. The average Bonchev–Trinajstić information content (AvgIpc) is 2.70. The number of aromatic hydroxyl groups is 4. The third-order valence-electron chi connectivity index (χ3n) is 4.42. The van der Waals surface area contributed by atoms with Gasteiger partial charge in [-0.3, -0.25) is 9.59 Å². The van der Waals surface area contributed by atoms with Gasteiger partial charge in [-0.15, -0.1) is 0 Å². The SMILES string of the molecule is O=C(Cc1ccc(O)c(O)c1)O[C@](C(=O)O)(C(=O)Cc1ccc(O)c(O)c1)[C@@H](O)C(=O)O. The number of aliphatic hydroxyl groups is 1. The lowest BCUT2D eigenvalue weighted by molar-refractivity contribution is -0.199. The van der Waals surface area contributed by atoms with E-state index < -0.39 is 71.2 Å². The van der Waals surface area contributed by atoms with Crippen LogP contribution in [-0.2, 0) is 36.8 Å². The van der Waals surface area contributed by atoms with Crippen molar-refractivity contribution in [3.05, 3.63) is 47.5 Å². The Morgan fingerprint density at radius 3 is 1.66 bits per heavy atom. The van der Waals surface area contributed by atoms with Crippen molar-refractivity contribution in [2.24, 2.45) is 0 Å². The summed E-state index contributed by atoms with van der Waals surface area (Å²) >= 11 is 0. The molecule has 0 saturated carbocycles. The van der Waals surface area contributed by atoms with Crippen LogP contribution in [-0.4, -0.2) is 71.1 Å². The summed E-state index contributed by atoms with van der Waals surface area (Å²) in [5.74, 6) is -9.69. The summed E-state index contributed by atoms with van der Waals surface area (Å²) < 4.78 is 4.71. The highest BCUT2D eigenvalue weighted by Crippen LogP contribution is 2.29. The summed E-state index contributed by atoms with van der Waals surface area (Å²) in [6, 6.07) is 6.15. The molecule has 12 heteroatoms. The molecule has 2 atom stereocenters. The second-order valence-corrected chi connectivity index (χ2v) is 6.68. The van der Waals surface area contributed by atoms with Crippen LogP contribution in [0, 0.1) is 0 Å². The van der Waals surface area contributed by atoms with E-state index in [-0.39, 0.29) is 11.1 Å². The van der Waals surface area contributed by atoms with Crippen molar-refractivity contribution < 1.29 is 59.7 Å². The predicted octanol–water partition coefficient (Wildman–Crippen LogP) is -0.325. The average molecular weight is 450 g/mol. The van der Waals surface area contributed by atoms with Crippen molar-refractivity contribution in [2.75, 3.05) is 0 Å². The Hall–Kier alpha value is -4.32. The van der Waals surface area contributed by atoms with Crippen LogP contribution in [0.2, 0.25) is 0 Å². The molecule has 0 bridgehead atoms. The van der Waals surface area contributed by atoms with E-state index in [9.17, 15) is 49.8 Å². The van der Waals surface area contributed by atoms with Crippen molar-refractivity contribution in [1.29, 1.82) is 0 Å². The number of aliphatic carboxylic acids is 2. The lowest BCUT2D eigenvalue weighted by Gasteiger charge is -2.30. The summed E-state index contributed by atoms with van der Waals surface area (Å²) in [5, 5.41) is 66.4. The topological polar surface area (TPSA) is 219 Å². The Morgan fingerprint density at radius 1 is 0.781 bits per heavy atom. The molecule has 7 N–H and O–H groups in total. The lowest BCUT2D eigenvalue weighted by Crippen LogP contribution is -2.62. The molecule has 0 amide bonds. The molecule has 0 radical (unpaired) electrons. The highest BCUT2D eigenvalue weighted by Gasteiger charge is 2.59. The van der Waals surface area contributed by atoms with Crippen molar-refractivity contribution >= 4 is 23.7 Å². The Bertz CT molecular complexity index is 1080. The van der Waals surface area contributed by atoms with Gasteiger partial charge in [0.25, 0.3) is 0 Å². The third kappa shape index (κ3) is 4.87. The number of carboxylic acids is 2. The third-order valence-corrected chi connectivity index (χ3v) is 4.42. The van der Waals surface area contributed by atoms with Gasteiger partial charge in [-0.25, -0.2) is 9.59 Å². The van der Waals surface area contributed by atoms with Crippen LogP contribution >= 0.6 is 0 Å². The number of esters is 1. The fraction of sp³-hybridized carbons (Fsp3) is 0.200. The quantitative estimate of drug-likeness (QED) is 0.148. The zero-order valence-corrected chi connectivity index (χ0v) is 16.1. The molecular formula is C20H18O12. The highest BCUT2D eigenvalue weighted by molar-refractivity contribution is 6.12. The molecule has 0 aliphatic heterocycles. The van der Waals surface area contributed by atoms with E-state index in [2.05, 4.69) is 0 Å². The Morgan fingerprint density at radius 2 is 1.25 bits per heavy atom. The van der Waals surface area contributed by atoms with Crippen LogP contribution in [0.4, 0.5) is 0 Å². The Labute approximate surface area is 179 Å². The van der Waals surface area contributed by atoms with Gasteiger partial charge in [0.15, 0.2) is 28.8 Å². The van der Waals surface area contributed by atoms with E-state index in [4.69, 9.17) is 9.84 Å². The molecule has 0 spiro atoms. The molecule has 12 nitrogen and oxygen atoms in total. The molecule has 0 heterocycles. The normalized spacial score (nSPS) is 13.5. The van der Waals surface area contributed by atoms with Crippen molar-refractivity contribution in [3.63, 3.8) is 0 Å². The number of hydrogen-bond donors (Lipinski definition) is 7. The van der Waals surface area contributed by atoms with Gasteiger partial charge in [0.1, 0.15) is 0 Å². The van der Waals surface area contributed by atoms with Gasteiger partial charge < -0.3 is 40.5 Å². The highest BCUT2D eigenvalue weighted by atomic mass is 16.6. The maximum Gasteiger partial charge on any atom is 0.359 e. The van der Waals surface area contributed by atoms with Crippen LogP contribution < -0.4 is 0 Å². The summed E-state index contributed by atoms with van der Waals surface area (Å²) in [7, 11) is 0. The van der Waals surface area contributed by atoms with Gasteiger partial charge in [-0.1, -0.05) is 12.1 Å². The number of Topliss-reactive ketones (excluding diaryl/α,β-unsaturated/α-hetero) is 1. The lowest BCUT2D eigenvalue weighted by atomic mass is 9.87. The molecule has 170 valence electrons. The van der Waals surface area contributed by atoms with E-state index in [1.165, 1.54) is 6.07 Å². The first-order chi connectivity index (χ1) is 14.9. The van der Waals surface area contributed by atoms with Crippen LogP contribution in [0.5, 0.6) is 23.0 Å². The number of phenolic OH excluding ortho intramolecular Hbond substituents is 4. The molecule has 32 heavy (non-hydrogen) atoms. The first-order valence-electron chi connectivity index (χ1n) is 8.79. The first kappa shape index (κ1) is 24.0. The van der Waals surface area contributed by atoms with Crippen LogP contribution in [0.3, 0.4) is 0 Å². The molecule has 2 aromatic carbocycles. The molecule has 0 saturated heterocycles. The van der Waals surface area contributed by atoms with E-state index >= 15 is 0 Å². The second-order valence-electron chi connectivity index (χ2n) is 6.68. The molecule has 2 rings (SSSR count). The fourth-order valence-corrected chi connectivity index (χ4v) is 2.78. The summed E-state index contributed by atoms with van der Waals surface area (Å²) in [4.78, 5) is 48.4. The molecule has 2 aromatic rings. The van der Waals surface area contributed by atoms with E-state index in [0.717, 1.165) is 30.3 Å². The van der Waals surface area contributed by atoms with Crippen LogP contribution in [0.25, 0.3) is 0 Å². The number of hydrogen-bond acceptors (Lipinski definition) is 10. The molecule has 0 unspecified atom stereocenters. The zero-order valence-electron chi connectivity index (χ0n) is 16.1. The number of rotatable bonds is 9. The minimum Gasteiger partial charge on any atom is -0.504 e. The molecule has 0 aliphatic rings. The number of carbonyl (C=O) groups excluding carboxylic acids is 2. The number of aliphatic hydroxyl groups excluding tert-OH is 1. The minimum atomic E-state index is -3.55. The van der Waals surface area contributed by atoms with Gasteiger partial charge in [-0.2, -0.15) is 0 Å². The zero-order chi connectivity index (χ0) is 24.2. The van der Waals surface area contributed by atoms with E-state index in [0.29, 0.717) is 0 Å². The number of carbonyl (C=O) groups is 4. The van der Waals surface area contributed by atoms with Crippen molar-refractivity contribution in [3.8, 4) is 23.0 Å². The number of ketones is 1. The number of phenols is 4. The Balaban J connectivity index is 2.40. The monoisotopic (exact) mass is 450 g/mol. The largest absolute Gasteiger partial charge is 0.504 e. The van der Waals surface area contributed by atoms with Crippen LogP contribution in [0.1, 0.15) is 11.1 Å². The number of benzene rings is 2. The van der Waals surface area contributed by atoms with Crippen LogP contribution in [0.15, 0.2) is 36.4 Å². The van der Waals surface area contributed by atoms with Crippen molar-refractivity contribution in [2.45, 2.75) is 24.5 Å². The number of ether oxygens (including phenoxy) is 1. The Kier molecular flexibility index (Phi) is 6.90. The number of carboxylic acid groups (broad SMARTS) is 2. The van der Waals surface area contributed by atoms with Gasteiger partial charge in [0.2, 0.25) is 6.10 Å². The molecular weight excluding hydrogens is 432 g/mol. The van der Waals surface area contributed by atoms with Gasteiger partial charge in [0.05, 0.1) is 6.42 Å². The molecule has 0 fully saturated rings. The molecule has 0 aromatic heterocycles. The maximum atomic E-state index is 12.8. The van der Waals surface area contributed by atoms with Gasteiger partial charge in [-0.05, 0) is 35.4 Å².